The van der Waals surface area contributed by atoms with E-state index in [0.717, 1.165) is 6.42 Å². The number of nitrogens with two attached hydrogens (primary N) is 1. The molecule has 1 heterocycles. The van der Waals surface area contributed by atoms with Crippen LogP contribution in [0, 0.1) is 5.92 Å². The first-order valence-corrected chi connectivity index (χ1v) is 7.91. The van der Waals surface area contributed by atoms with Crippen LogP contribution in [0.15, 0.2) is 24.3 Å². The van der Waals surface area contributed by atoms with E-state index in [2.05, 4.69) is 16.2 Å². The van der Waals surface area contributed by atoms with Crippen molar-refractivity contribution in [1.82, 2.24) is 15.8 Å². The van der Waals surface area contributed by atoms with Crippen LogP contribution in [0.2, 0.25) is 5.02 Å². The number of hydrazine groups is 1. The van der Waals surface area contributed by atoms with Crippen LogP contribution in [-0.4, -0.2) is 35.0 Å². The second-order valence-corrected chi connectivity index (χ2v) is 6.05. The molecule has 0 aromatic heterocycles. The van der Waals surface area contributed by atoms with Crippen LogP contribution in [-0.2, 0) is 4.79 Å². The molecule has 0 radical (unpaired) electrons. The summed E-state index contributed by atoms with van der Waals surface area (Å²) in [4.78, 5) is 24.8. The highest BCUT2D eigenvalue weighted by atomic mass is 35.5. The molecule has 9 heteroatoms. The van der Waals surface area contributed by atoms with Gasteiger partial charge in [0.05, 0.1) is 5.92 Å². The van der Waals surface area contributed by atoms with Gasteiger partial charge in [-0.2, -0.15) is 0 Å². The second kappa shape index (κ2) is 7.98. The minimum atomic E-state index is -0.506. The summed E-state index contributed by atoms with van der Waals surface area (Å²) in [5.41, 5.74) is 11.1. The van der Waals surface area contributed by atoms with Crippen LogP contribution in [0.4, 0.5) is 10.5 Å². The van der Waals surface area contributed by atoms with Crippen molar-refractivity contribution in [2.24, 2.45) is 11.7 Å². The molecule has 3 amide bonds. The number of urea groups is 1. The van der Waals surface area contributed by atoms with E-state index in [1.807, 2.05) is 0 Å². The maximum atomic E-state index is 12.1. The summed E-state index contributed by atoms with van der Waals surface area (Å²) in [6.07, 6.45) is 1.44. The molecular formula is C14H18ClN5O2S. The minimum absolute atomic E-state index is 0.230. The zero-order valence-corrected chi connectivity index (χ0v) is 13.9. The van der Waals surface area contributed by atoms with Crippen molar-refractivity contribution in [3.8, 4) is 0 Å². The Labute approximate surface area is 144 Å². The highest BCUT2D eigenvalue weighted by Gasteiger charge is 2.27. The average molecular weight is 356 g/mol. The molecule has 1 aliphatic heterocycles. The highest BCUT2D eigenvalue weighted by molar-refractivity contribution is 7.80. The normalized spacial score (nSPS) is 17.3. The lowest BCUT2D eigenvalue weighted by Crippen LogP contribution is -2.51. The number of nitrogens with one attached hydrogen (secondary N) is 3. The molecule has 1 aliphatic rings. The monoisotopic (exact) mass is 355 g/mol. The zero-order chi connectivity index (χ0) is 16.8. The van der Waals surface area contributed by atoms with Crippen LogP contribution in [0.3, 0.4) is 0 Å². The largest absolute Gasteiger partial charge is 0.351 e. The van der Waals surface area contributed by atoms with Crippen molar-refractivity contribution < 1.29 is 9.59 Å². The molecule has 7 nitrogen and oxygen atoms in total. The van der Waals surface area contributed by atoms with Gasteiger partial charge < -0.3 is 16.0 Å². The number of hydrogen-bond donors (Lipinski definition) is 4. The van der Waals surface area contributed by atoms with Crippen LogP contribution in [0.1, 0.15) is 12.8 Å². The number of nitrogens with zero attached hydrogens (tertiary/aromatic N) is 1. The fourth-order valence-electron chi connectivity index (χ4n) is 2.34. The molecule has 1 saturated heterocycles. The van der Waals surface area contributed by atoms with E-state index in [1.165, 1.54) is 4.90 Å². The van der Waals surface area contributed by atoms with Gasteiger partial charge in [0, 0.05) is 23.8 Å². The summed E-state index contributed by atoms with van der Waals surface area (Å²) in [6, 6.07) is 6.54. The number of anilines is 1. The Bertz CT molecular complexity index is 613. The van der Waals surface area contributed by atoms with Crippen molar-refractivity contribution in [3.63, 3.8) is 0 Å². The van der Waals surface area contributed by atoms with Gasteiger partial charge in [0.2, 0.25) is 5.91 Å². The number of benzene rings is 1. The Kier molecular flexibility index (Phi) is 6.00. The van der Waals surface area contributed by atoms with Gasteiger partial charge in [0.1, 0.15) is 0 Å². The minimum Gasteiger partial charge on any atom is -0.351 e. The Morgan fingerprint density at radius 1 is 1.35 bits per heavy atom. The smallest absolute Gasteiger partial charge is 0.314 e. The van der Waals surface area contributed by atoms with E-state index >= 15 is 0 Å². The maximum Gasteiger partial charge on any atom is 0.314 e. The average Bonchev–Trinajstić information content (AvgIpc) is 2.52. The van der Waals surface area contributed by atoms with Gasteiger partial charge in [-0.05, 0) is 43.3 Å². The summed E-state index contributed by atoms with van der Waals surface area (Å²) < 4.78 is 0. The number of hydrogen-bond acceptors (Lipinski definition) is 3. The molecule has 0 bridgehead atoms. The molecule has 2 rings (SSSR count). The summed E-state index contributed by atoms with van der Waals surface area (Å²) in [7, 11) is 0. The predicted octanol–water partition coefficient (Wildman–Crippen LogP) is 1.45. The Balaban J connectivity index is 1.79. The molecule has 0 unspecified atom stereocenters. The number of amides is 3. The van der Waals surface area contributed by atoms with Gasteiger partial charge in [-0.1, -0.05) is 17.7 Å². The van der Waals surface area contributed by atoms with Gasteiger partial charge in [-0.3, -0.25) is 15.6 Å². The quantitative estimate of drug-likeness (QED) is 0.475. The number of primary amides is 1. The summed E-state index contributed by atoms with van der Waals surface area (Å²) in [5, 5.41) is 3.72. The van der Waals surface area contributed by atoms with Crippen molar-refractivity contribution in [1.29, 1.82) is 0 Å². The molecule has 124 valence electrons. The third kappa shape index (κ3) is 5.26. The van der Waals surface area contributed by atoms with Gasteiger partial charge in [0.15, 0.2) is 5.11 Å². The number of rotatable bonds is 2. The standard InChI is InChI=1S/C14H18ClN5O2S/c15-10-4-1-5-11(7-10)17-14(23)19-18-12(21)9-3-2-6-20(8-9)13(16)22/h1,4-5,7,9H,2-3,6,8H2,(H2,16,22)(H,18,21)(H2,17,19,23)/t9-/m0/s1. The molecule has 0 aliphatic carbocycles. The molecule has 1 aromatic carbocycles. The Morgan fingerprint density at radius 2 is 2.13 bits per heavy atom. The number of carbonyl (C=O) groups is 2. The lowest BCUT2D eigenvalue weighted by molar-refractivity contribution is -0.126. The molecule has 1 aromatic rings. The first-order valence-electron chi connectivity index (χ1n) is 7.12. The number of likely N-dealkylation sites (tertiary alicyclic amines) is 1. The highest BCUT2D eigenvalue weighted by Crippen LogP contribution is 2.16. The van der Waals surface area contributed by atoms with Crippen molar-refractivity contribution in [3.05, 3.63) is 29.3 Å². The first kappa shape index (κ1) is 17.3. The van der Waals surface area contributed by atoms with Crippen LogP contribution in [0.25, 0.3) is 0 Å². The number of carbonyl (C=O) groups excluding carboxylic acids is 2. The third-order valence-electron chi connectivity index (χ3n) is 3.49. The second-order valence-electron chi connectivity index (χ2n) is 5.20. The van der Waals surface area contributed by atoms with E-state index in [0.29, 0.717) is 30.2 Å². The number of piperidine rings is 1. The topological polar surface area (TPSA) is 99.5 Å². The van der Waals surface area contributed by atoms with E-state index in [9.17, 15) is 9.59 Å². The Morgan fingerprint density at radius 3 is 2.83 bits per heavy atom. The molecule has 0 saturated carbocycles. The zero-order valence-electron chi connectivity index (χ0n) is 12.3. The SMILES string of the molecule is NC(=O)N1CCC[C@H](C(=O)NNC(=S)Nc2cccc(Cl)c2)C1. The van der Waals surface area contributed by atoms with Gasteiger partial charge >= 0.3 is 6.03 Å². The predicted molar refractivity (Wildman–Crippen MR) is 92.8 cm³/mol. The number of thiocarbonyl (C=S) groups is 1. The van der Waals surface area contributed by atoms with Crippen LogP contribution in [0.5, 0.6) is 0 Å². The fraction of sp³-hybridized carbons (Fsp3) is 0.357. The molecule has 1 atom stereocenters. The van der Waals surface area contributed by atoms with Crippen molar-refractivity contribution >= 4 is 46.6 Å². The summed E-state index contributed by atoms with van der Waals surface area (Å²) in [6.45, 7) is 0.901. The van der Waals surface area contributed by atoms with Crippen LogP contribution < -0.4 is 21.9 Å². The Hall–Kier alpha value is -2.06. The van der Waals surface area contributed by atoms with Crippen molar-refractivity contribution in [2.75, 3.05) is 18.4 Å². The molecular weight excluding hydrogens is 338 g/mol. The summed E-state index contributed by atoms with van der Waals surface area (Å²) >= 11 is 11.0. The first-order chi connectivity index (χ1) is 11.0. The van der Waals surface area contributed by atoms with Gasteiger partial charge in [-0.15, -0.1) is 0 Å². The van der Waals surface area contributed by atoms with Crippen molar-refractivity contribution in [2.45, 2.75) is 12.8 Å². The molecule has 1 fully saturated rings. The molecule has 5 N–H and O–H groups in total. The third-order valence-corrected chi connectivity index (χ3v) is 3.92. The van der Waals surface area contributed by atoms with E-state index in [-0.39, 0.29) is 16.9 Å². The fourth-order valence-corrected chi connectivity index (χ4v) is 2.70. The van der Waals surface area contributed by atoms with E-state index < -0.39 is 6.03 Å². The molecule has 0 spiro atoms. The lowest BCUT2D eigenvalue weighted by atomic mass is 9.98. The number of halogens is 1. The maximum absolute atomic E-state index is 12.1. The lowest BCUT2D eigenvalue weighted by Gasteiger charge is -2.30. The van der Waals surface area contributed by atoms with E-state index in [4.69, 9.17) is 29.6 Å². The van der Waals surface area contributed by atoms with Gasteiger partial charge in [-0.25, -0.2) is 4.79 Å². The molecule has 23 heavy (non-hydrogen) atoms. The van der Waals surface area contributed by atoms with E-state index in [1.54, 1.807) is 24.3 Å². The van der Waals surface area contributed by atoms with Gasteiger partial charge in [0.25, 0.3) is 0 Å². The summed E-state index contributed by atoms with van der Waals surface area (Å²) in [5.74, 6) is -0.538. The van der Waals surface area contributed by atoms with Crippen LogP contribution >= 0.6 is 23.8 Å².